The maximum absolute atomic E-state index is 7.24. The third-order valence-electron chi connectivity index (χ3n) is 25.7. The number of para-hydroxylation sites is 1. The number of benzene rings is 14. The van der Waals surface area contributed by atoms with E-state index in [1.54, 1.807) is 0 Å². The lowest BCUT2D eigenvalue weighted by Gasteiger charge is -2.46. The first-order valence-electron chi connectivity index (χ1n) is 42.6. The van der Waals surface area contributed by atoms with Gasteiger partial charge in [-0.1, -0.05) is 315 Å². The second-order valence-electron chi connectivity index (χ2n) is 41.1. The minimum Gasteiger partial charge on any atom is -0.456 e. The normalized spacial score (nSPS) is 13.6. The molecule has 6 heteroatoms. The highest BCUT2D eigenvalue weighted by Gasteiger charge is 2.47. The molecule has 0 N–H and O–H groups in total. The summed E-state index contributed by atoms with van der Waals surface area (Å²) in [4.78, 5) is 5.48. The highest BCUT2D eigenvalue weighted by molar-refractivity contribution is 7.00. The number of aromatic nitrogens is 2. The van der Waals surface area contributed by atoms with Crippen LogP contribution in [0.2, 0.25) is 0 Å². The molecule has 5 nitrogen and oxygen atoms in total. The van der Waals surface area contributed by atoms with E-state index >= 15 is 0 Å². The van der Waals surface area contributed by atoms with Crippen molar-refractivity contribution >= 4 is 123 Å². The van der Waals surface area contributed by atoms with Gasteiger partial charge in [-0.15, -0.1) is 0 Å². The standard InChI is InChI=1S/C112H109BN4O/c1-106(2,3)73-42-50-92-86(59-73)87-60-74(107(4,5)6)43-51-93(87)114(92)80-46-49-91-97(65-80)117(105-82(68-33-25-22-26-34-68)47-54-101-102(105)83-39-31-32-40-100(83)118-101)99-67-81(115-94-52-44-75(108(7,8)9)61-88(94)89-62-76(109(10,11)12)45-53-95(89)115)66-98-103(99)113(91)90-48-41-71(72-55-77(110(13,14)15)58-78(56-72)111(16,17)18)57-96(90)116(98)104-84(69-35-27-23-28-36-69)63-79(112(19,20)21)64-85(104)70-37-29-24-30-38-70/h22-67H,1-21H3. The Balaban J connectivity index is 1.04. The molecule has 2 aliphatic rings. The van der Waals surface area contributed by atoms with Gasteiger partial charge in [-0.3, -0.25) is 0 Å². The molecular formula is C112H109BN4O. The van der Waals surface area contributed by atoms with Crippen LogP contribution in [0.15, 0.2) is 283 Å². The van der Waals surface area contributed by atoms with Crippen LogP contribution in [-0.2, 0) is 37.9 Å². The third kappa shape index (κ3) is 12.6. The summed E-state index contributed by atoms with van der Waals surface area (Å²) in [7, 11) is 0. The Hall–Kier alpha value is -11.9. The van der Waals surface area contributed by atoms with E-state index in [-0.39, 0.29) is 44.6 Å². The number of anilines is 6. The summed E-state index contributed by atoms with van der Waals surface area (Å²) in [6.07, 6.45) is 0. The van der Waals surface area contributed by atoms with Crippen LogP contribution in [0.3, 0.4) is 0 Å². The van der Waals surface area contributed by atoms with E-state index in [1.165, 1.54) is 93.5 Å². The molecule has 0 amide bonds. The molecule has 118 heavy (non-hydrogen) atoms. The Bertz CT molecular complexity index is 6720. The Labute approximate surface area is 698 Å². The summed E-state index contributed by atoms with van der Waals surface area (Å²) in [5, 5.41) is 7.07. The SMILES string of the molecule is CC(C)(C)c1cc(-c2ccc3c(c2)N(c2c(-c4ccccc4)cc(C(C)(C)C)cc2-c2ccccc2)c2cc(-n4c5ccc(C(C)(C)C)cc5c5cc(C(C)(C)C)ccc54)cc4c2B3c2ccc(-n3c5ccc(C(C)(C)C)cc5c5cc(C(C)(C)C)ccc53)cc2N4c2c(-c3ccccc3)ccc3oc4ccccc4c23)cc(C(C)(C)C)c1. The minimum absolute atomic E-state index is 0.0824. The largest absolute Gasteiger partial charge is 0.456 e. The monoisotopic (exact) mass is 1540 g/mol. The molecule has 0 radical (unpaired) electrons. The molecule has 17 aromatic rings. The molecule has 0 saturated heterocycles. The van der Waals surface area contributed by atoms with Crippen LogP contribution in [0.5, 0.6) is 0 Å². The fraction of sp³-hybridized carbons (Fsp3) is 0.250. The van der Waals surface area contributed by atoms with Crippen molar-refractivity contribution in [2.75, 3.05) is 9.80 Å². The summed E-state index contributed by atoms with van der Waals surface area (Å²) in [5.41, 5.74) is 36.0. The summed E-state index contributed by atoms with van der Waals surface area (Å²) in [5.74, 6) is 0. The molecule has 0 unspecified atom stereocenters. The van der Waals surface area contributed by atoms with Gasteiger partial charge in [0.15, 0.2) is 0 Å². The molecule has 3 aromatic heterocycles. The fourth-order valence-electron chi connectivity index (χ4n) is 18.9. The Morgan fingerprint density at radius 3 is 1.05 bits per heavy atom. The average molecular weight is 1540 g/mol. The topological polar surface area (TPSA) is 29.5 Å². The summed E-state index contributed by atoms with van der Waals surface area (Å²) in [6, 6.07) is 109. The van der Waals surface area contributed by atoms with Gasteiger partial charge in [-0.2, -0.15) is 0 Å². The van der Waals surface area contributed by atoms with Crippen LogP contribution >= 0.6 is 0 Å². The molecule has 586 valence electrons. The summed E-state index contributed by atoms with van der Waals surface area (Å²) in [6.45, 7) is 49.1. The Morgan fingerprint density at radius 2 is 0.610 bits per heavy atom. The number of hydrogen-bond donors (Lipinski definition) is 0. The number of hydrogen-bond acceptors (Lipinski definition) is 3. The highest BCUT2D eigenvalue weighted by atomic mass is 16.3. The van der Waals surface area contributed by atoms with Gasteiger partial charge in [-0.05, 0) is 230 Å². The van der Waals surface area contributed by atoms with Gasteiger partial charge in [0.25, 0.3) is 6.71 Å². The van der Waals surface area contributed by atoms with Gasteiger partial charge in [-0.25, -0.2) is 0 Å². The predicted octanol–water partition coefficient (Wildman–Crippen LogP) is 29.6. The van der Waals surface area contributed by atoms with Crippen LogP contribution in [0, 0.1) is 0 Å². The van der Waals surface area contributed by atoms with Crippen molar-refractivity contribution in [1.29, 1.82) is 0 Å². The van der Waals surface area contributed by atoms with Gasteiger partial charge >= 0.3 is 0 Å². The van der Waals surface area contributed by atoms with Crippen molar-refractivity contribution < 1.29 is 4.42 Å². The van der Waals surface area contributed by atoms with E-state index in [1.807, 2.05) is 0 Å². The molecule has 0 atom stereocenters. The summed E-state index contributed by atoms with van der Waals surface area (Å²) >= 11 is 0. The van der Waals surface area contributed by atoms with Crippen LogP contribution in [0.25, 0.3) is 121 Å². The maximum atomic E-state index is 7.24. The van der Waals surface area contributed by atoms with E-state index in [4.69, 9.17) is 4.42 Å². The van der Waals surface area contributed by atoms with Crippen molar-refractivity contribution in [3.8, 4) is 55.9 Å². The highest BCUT2D eigenvalue weighted by Crippen LogP contribution is 2.56. The first kappa shape index (κ1) is 76.1. The zero-order valence-electron chi connectivity index (χ0n) is 72.8. The number of nitrogens with zero attached hydrogens (tertiary/aromatic N) is 4. The van der Waals surface area contributed by atoms with Crippen LogP contribution in [-0.4, -0.2) is 15.8 Å². The lowest BCUT2D eigenvalue weighted by atomic mass is 9.33. The second kappa shape index (κ2) is 26.8. The molecule has 0 saturated carbocycles. The predicted molar refractivity (Wildman–Crippen MR) is 509 cm³/mol. The molecule has 5 heterocycles. The van der Waals surface area contributed by atoms with Gasteiger partial charge < -0.3 is 23.4 Å². The van der Waals surface area contributed by atoms with Crippen molar-refractivity contribution in [1.82, 2.24) is 9.13 Å². The minimum atomic E-state index is -0.316. The van der Waals surface area contributed by atoms with Crippen LogP contribution in [0.4, 0.5) is 34.1 Å². The third-order valence-corrected chi connectivity index (χ3v) is 25.7. The number of fused-ring (bicyclic) bond motifs is 13. The van der Waals surface area contributed by atoms with Crippen LogP contribution < -0.4 is 26.2 Å². The fourth-order valence-corrected chi connectivity index (χ4v) is 18.9. The molecule has 0 spiro atoms. The zero-order valence-corrected chi connectivity index (χ0v) is 72.8. The average Bonchev–Trinajstić information content (AvgIpc) is 0.945. The number of rotatable bonds is 8. The summed E-state index contributed by atoms with van der Waals surface area (Å²) < 4.78 is 12.4. The second-order valence-corrected chi connectivity index (χ2v) is 41.1. The van der Waals surface area contributed by atoms with E-state index in [9.17, 15) is 0 Å². The quantitative estimate of drug-likeness (QED) is 0.142. The molecule has 0 aliphatic carbocycles. The van der Waals surface area contributed by atoms with E-state index in [0.29, 0.717) is 0 Å². The van der Waals surface area contributed by atoms with Crippen molar-refractivity contribution in [2.45, 2.75) is 183 Å². The molecule has 0 fully saturated rings. The van der Waals surface area contributed by atoms with Gasteiger partial charge in [0.2, 0.25) is 0 Å². The smallest absolute Gasteiger partial charge is 0.252 e. The number of furan rings is 1. The Kier molecular flexibility index (Phi) is 17.3. The first-order chi connectivity index (χ1) is 55.9. The van der Waals surface area contributed by atoms with Crippen molar-refractivity contribution in [3.63, 3.8) is 0 Å². The van der Waals surface area contributed by atoms with E-state index < -0.39 is 0 Å². The van der Waals surface area contributed by atoms with Crippen molar-refractivity contribution in [2.24, 2.45) is 0 Å². The molecule has 14 aromatic carbocycles. The zero-order chi connectivity index (χ0) is 82.6. The molecular weight excluding hydrogens is 1430 g/mol. The molecule has 0 bridgehead atoms. The molecule has 2 aliphatic heterocycles. The molecule has 19 rings (SSSR count). The lowest BCUT2D eigenvalue weighted by Crippen LogP contribution is -2.61. The van der Waals surface area contributed by atoms with E-state index in [0.717, 1.165) is 117 Å². The first-order valence-corrected chi connectivity index (χ1v) is 42.6. The van der Waals surface area contributed by atoms with Gasteiger partial charge in [0.1, 0.15) is 11.2 Å². The van der Waals surface area contributed by atoms with Crippen molar-refractivity contribution in [3.05, 3.63) is 318 Å². The van der Waals surface area contributed by atoms with Crippen LogP contribution in [0.1, 0.15) is 184 Å². The van der Waals surface area contributed by atoms with Gasteiger partial charge in [0, 0.05) is 72.1 Å². The van der Waals surface area contributed by atoms with E-state index in [2.05, 4.69) is 443 Å². The lowest BCUT2D eigenvalue weighted by molar-refractivity contribution is 0.569. The van der Waals surface area contributed by atoms with Gasteiger partial charge in [0.05, 0.1) is 44.5 Å². The Morgan fingerprint density at radius 1 is 0.237 bits per heavy atom. The maximum Gasteiger partial charge on any atom is 0.252 e.